The summed E-state index contributed by atoms with van der Waals surface area (Å²) in [7, 11) is -4.78. The van der Waals surface area contributed by atoms with Gasteiger partial charge in [0.25, 0.3) is 0 Å². The Morgan fingerprint density at radius 3 is 2.14 bits per heavy atom. The molecule has 8 nitrogen and oxygen atoms in total. The molecule has 3 atom stereocenters. The van der Waals surface area contributed by atoms with Crippen molar-refractivity contribution in [3.63, 3.8) is 0 Å². The van der Waals surface area contributed by atoms with Gasteiger partial charge in [-0.1, -0.05) is 0 Å². The van der Waals surface area contributed by atoms with Gasteiger partial charge in [-0.05, 0) is 0 Å². The van der Waals surface area contributed by atoms with E-state index in [2.05, 4.69) is 4.52 Å². The lowest BCUT2D eigenvalue weighted by atomic mass is 10.1. The molecule has 0 aromatic heterocycles. The van der Waals surface area contributed by atoms with E-state index < -0.39 is 39.3 Å². The number of phosphoric ester groups is 1. The lowest BCUT2D eigenvalue weighted by Crippen LogP contribution is -2.44. The van der Waals surface area contributed by atoms with E-state index in [9.17, 15) is 9.67 Å². The smallest absolute Gasteiger partial charge is 0.394 e. The van der Waals surface area contributed by atoms with Gasteiger partial charge in [-0.3, -0.25) is 4.52 Å². The van der Waals surface area contributed by atoms with Crippen LogP contribution in [-0.2, 0) is 9.09 Å². The van der Waals surface area contributed by atoms with Crippen molar-refractivity contribution in [3.05, 3.63) is 0 Å². The fourth-order valence-electron chi connectivity index (χ4n) is 0.777. The molecule has 7 N–H and O–H groups in total. The first-order valence-electron chi connectivity index (χ1n) is 3.72. The third kappa shape index (κ3) is 4.99. The van der Waals surface area contributed by atoms with E-state index in [4.69, 9.17) is 25.7 Å². The third-order valence-electron chi connectivity index (χ3n) is 1.47. The van der Waals surface area contributed by atoms with Gasteiger partial charge in [-0.15, -0.1) is 0 Å². The molecule has 0 saturated heterocycles. The Kier molecular flexibility index (Phi) is 5.72. The minimum Gasteiger partial charge on any atom is -0.394 e. The van der Waals surface area contributed by atoms with Gasteiger partial charge in [-0.25, -0.2) is 4.57 Å². The highest BCUT2D eigenvalue weighted by Gasteiger charge is 2.31. The molecule has 0 aliphatic carbocycles. The lowest BCUT2D eigenvalue weighted by molar-refractivity contribution is -0.0705. The van der Waals surface area contributed by atoms with Crippen molar-refractivity contribution in [2.24, 2.45) is 5.73 Å². The predicted octanol–water partition coefficient (Wildman–Crippen LogP) is -2.86. The van der Waals surface area contributed by atoms with Gasteiger partial charge < -0.3 is 30.8 Å². The normalized spacial score (nSPS) is 19.0. The summed E-state index contributed by atoms with van der Waals surface area (Å²) in [4.78, 5) is 16.8. The molecule has 0 aromatic rings. The molecule has 0 aromatic carbocycles. The Morgan fingerprint density at radius 2 is 1.86 bits per heavy atom. The first-order valence-corrected chi connectivity index (χ1v) is 5.26. The molecule has 0 rings (SSSR count). The first kappa shape index (κ1) is 13.9. The largest absolute Gasteiger partial charge is 0.469 e. The quantitative estimate of drug-likeness (QED) is 0.267. The van der Waals surface area contributed by atoms with Crippen molar-refractivity contribution in [1.82, 2.24) is 0 Å². The van der Waals surface area contributed by atoms with Crippen LogP contribution in [0, 0.1) is 0 Å². The summed E-state index contributed by atoms with van der Waals surface area (Å²) in [5.41, 5.74) is 5.05. The summed E-state index contributed by atoms with van der Waals surface area (Å²) >= 11 is 0. The van der Waals surface area contributed by atoms with Crippen LogP contribution in [0.5, 0.6) is 0 Å². The minimum absolute atomic E-state index is 0.399. The number of aliphatic hydroxyl groups is 3. The molecular weight excluding hydrogens is 217 g/mol. The molecule has 0 amide bonds. The van der Waals surface area contributed by atoms with Crippen LogP contribution in [0.1, 0.15) is 0 Å². The van der Waals surface area contributed by atoms with Crippen molar-refractivity contribution >= 4 is 7.82 Å². The van der Waals surface area contributed by atoms with Crippen LogP contribution in [-0.4, -0.2) is 56.6 Å². The summed E-state index contributed by atoms with van der Waals surface area (Å²) < 4.78 is 14.5. The van der Waals surface area contributed by atoms with Crippen LogP contribution in [0.15, 0.2) is 0 Å². The van der Waals surface area contributed by atoms with E-state index in [0.717, 1.165) is 0 Å². The van der Waals surface area contributed by atoms with E-state index in [0.29, 0.717) is 0 Å². The fourth-order valence-corrected chi connectivity index (χ4v) is 1.34. The lowest BCUT2D eigenvalue weighted by Gasteiger charge is -2.24. The van der Waals surface area contributed by atoms with Crippen molar-refractivity contribution in [2.45, 2.75) is 18.3 Å². The van der Waals surface area contributed by atoms with Gasteiger partial charge in [0.1, 0.15) is 18.3 Å². The molecule has 86 valence electrons. The number of nitrogens with two attached hydrogens (primary N) is 1. The average molecular weight is 231 g/mol. The van der Waals surface area contributed by atoms with Gasteiger partial charge in [0.05, 0.1) is 6.61 Å². The Morgan fingerprint density at radius 1 is 1.36 bits per heavy atom. The second kappa shape index (κ2) is 5.74. The van der Waals surface area contributed by atoms with E-state index in [-0.39, 0.29) is 0 Å². The maximum Gasteiger partial charge on any atom is 0.469 e. The third-order valence-corrected chi connectivity index (χ3v) is 2.01. The van der Waals surface area contributed by atoms with Crippen molar-refractivity contribution in [3.8, 4) is 0 Å². The van der Waals surface area contributed by atoms with Gasteiger partial charge in [0.2, 0.25) is 0 Å². The minimum atomic E-state index is -4.78. The molecule has 0 aliphatic heterocycles. The molecule has 14 heavy (non-hydrogen) atoms. The maximum absolute atomic E-state index is 10.4. The van der Waals surface area contributed by atoms with Gasteiger partial charge in [-0.2, -0.15) is 0 Å². The van der Waals surface area contributed by atoms with Crippen molar-refractivity contribution in [2.75, 3.05) is 13.2 Å². The zero-order chi connectivity index (χ0) is 11.4. The van der Waals surface area contributed by atoms with Crippen molar-refractivity contribution < 1.29 is 34.2 Å². The Balaban J connectivity index is 4.33. The standard InChI is InChI=1S/C5H14NO7P/c6-1-4(13-14(10,11)12)5(9)3(8)2-7/h3-5,7-9H,1-2,6H2,(H2,10,11,12)/t3-,4+,5-/m1/s1. The highest BCUT2D eigenvalue weighted by atomic mass is 31.2. The van der Waals surface area contributed by atoms with Crippen LogP contribution in [0.2, 0.25) is 0 Å². The summed E-state index contributed by atoms with van der Waals surface area (Å²) in [6.45, 7) is -1.16. The molecule has 0 aliphatic rings. The molecule has 0 radical (unpaired) electrons. The van der Waals surface area contributed by atoms with Crippen LogP contribution in [0.3, 0.4) is 0 Å². The molecular formula is C5H14NO7P. The molecule has 0 unspecified atom stereocenters. The van der Waals surface area contributed by atoms with Crippen molar-refractivity contribution in [1.29, 1.82) is 0 Å². The summed E-state index contributed by atoms with van der Waals surface area (Å²) in [5, 5.41) is 26.6. The predicted molar refractivity (Wildman–Crippen MR) is 45.1 cm³/mol. The summed E-state index contributed by atoms with van der Waals surface area (Å²) in [6.07, 6.45) is -4.65. The Bertz CT molecular complexity index is 206. The molecule has 9 heteroatoms. The number of phosphoric acid groups is 1. The topological polar surface area (TPSA) is 153 Å². The van der Waals surface area contributed by atoms with Crippen LogP contribution < -0.4 is 5.73 Å². The van der Waals surface area contributed by atoms with Crippen LogP contribution in [0.4, 0.5) is 0 Å². The molecule has 0 bridgehead atoms. The zero-order valence-electron chi connectivity index (χ0n) is 7.22. The molecule has 0 saturated carbocycles. The van der Waals surface area contributed by atoms with E-state index in [1.54, 1.807) is 0 Å². The fraction of sp³-hybridized carbons (Fsp3) is 1.00. The average Bonchev–Trinajstić information content (AvgIpc) is 2.10. The molecule has 0 heterocycles. The number of aliphatic hydroxyl groups excluding tert-OH is 3. The summed E-state index contributed by atoms with van der Waals surface area (Å²) in [5.74, 6) is 0. The highest BCUT2D eigenvalue weighted by molar-refractivity contribution is 7.46. The van der Waals surface area contributed by atoms with Crippen LogP contribution >= 0.6 is 7.82 Å². The Labute approximate surface area is 80.2 Å². The van der Waals surface area contributed by atoms with E-state index in [1.807, 2.05) is 0 Å². The second-order valence-electron chi connectivity index (χ2n) is 2.61. The Hall–Kier alpha value is -0.0500. The SMILES string of the molecule is NC[C@H](OP(=O)(O)O)[C@H](O)[C@H](O)CO. The second-order valence-corrected chi connectivity index (χ2v) is 3.80. The van der Waals surface area contributed by atoms with Gasteiger partial charge in [0, 0.05) is 6.54 Å². The number of hydrogen-bond donors (Lipinski definition) is 6. The van der Waals surface area contributed by atoms with Gasteiger partial charge >= 0.3 is 7.82 Å². The van der Waals surface area contributed by atoms with Gasteiger partial charge in [0.15, 0.2) is 0 Å². The molecule has 0 fully saturated rings. The summed E-state index contributed by atoms with van der Waals surface area (Å²) in [6, 6.07) is 0. The molecule has 0 spiro atoms. The van der Waals surface area contributed by atoms with E-state index >= 15 is 0 Å². The highest BCUT2D eigenvalue weighted by Crippen LogP contribution is 2.38. The maximum atomic E-state index is 10.4. The van der Waals surface area contributed by atoms with E-state index in [1.165, 1.54) is 0 Å². The number of hydrogen-bond acceptors (Lipinski definition) is 6. The number of rotatable bonds is 6. The first-order chi connectivity index (χ1) is 6.31. The monoisotopic (exact) mass is 231 g/mol. The zero-order valence-corrected chi connectivity index (χ0v) is 8.12. The van der Waals surface area contributed by atoms with Crippen LogP contribution in [0.25, 0.3) is 0 Å².